The molecule has 0 radical (unpaired) electrons. The van der Waals surface area contributed by atoms with Crippen LogP contribution in [0.5, 0.6) is 0 Å². The van der Waals surface area contributed by atoms with Gasteiger partial charge in [-0.2, -0.15) is 5.10 Å². The van der Waals surface area contributed by atoms with Gasteiger partial charge < -0.3 is 10.4 Å². The average Bonchev–Trinajstić information content (AvgIpc) is 2.96. The third-order valence-electron chi connectivity index (χ3n) is 4.11. The average molecular weight is 279 g/mol. The maximum Gasteiger partial charge on any atom is 0.271 e. The van der Waals surface area contributed by atoms with Crippen molar-refractivity contribution in [2.75, 3.05) is 13.2 Å². The minimum atomic E-state index is -0.131. The number of H-pyrrole nitrogens is 1. The standard InChI is InChI=1S/C15H25N3O2/c1-11(7-8-19)10-16-15(20)14-9-13(17-18-14)12-5-3-2-4-6-12/h9,11-12,19H,2-8,10H2,1H3,(H,16,20)(H,17,18). The number of nitrogens with one attached hydrogen (secondary N) is 2. The Morgan fingerprint density at radius 2 is 2.25 bits per heavy atom. The molecular formula is C15H25N3O2. The summed E-state index contributed by atoms with van der Waals surface area (Å²) >= 11 is 0. The molecule has 1 aromatic heterocycles. The molecular weight excluding hydrogens is 254 g/mol. The Morgan fingerprint density at radius 1 is 1.50 bits per heavy atom. The number of aromatic nitrogens is 2. The van der Waals surface area contributed by atoms with Crippen LogP contribution in [0.25, 0.3) is 0 Å². The molecule has 1 fully saturated rings. The molecule has 1 heterocycles. The minimum Gasteiger partial charge on any atom is -0.396 e. The van der Waals surface area contributed by atoms with Crippen molar-refractivity contribution in [3.05, 3.63) is 17.5 Å². The van der Waals surface area contributed by atoms with E-state index in [1.165, 1.54) is 32.1 Å². The van der Waals surface area contributed by atoms with Gasteiger partial charge in [-0.3, -0.25) is 9.89 Å². The monoisotopic (exact) mass is 279 g/mol. The first-order valence-electron chi connectivity index (χ1n) is 7.65. The molecule has 1 amide bonds. The quantitative estimate of drug-likeness (QED) is 0.747. The van der Waals surface area contributed by atoms with E-state index >= 15 is 0 Å². The van der Waals surface area contributed by atoms with Crippen LogP contribution in [0.3, 0.4) is 0 Å². The van der Waals surface area contributed by atoms with Crippen LogP contribution in [-0.2, 0) is 0 Å². The number of carbonyl (C=O) groups excluding carboxylic acids is 1. The maximum atomic E-state index is 12.0. The van der Waals surface area contributed by atoms with Gasteiger partial charge in [-0.25, -0.2) is 0 Å². The van der Waals surface area contributed by atoms with E-state index in [9.17, 15) is 4.79 Å². The van der Waals surface area contributed by atoms with Gasteiger partial charge in [0, 0.05) is 24.8 Å². The number of amides is 1. The number of carbonyl (C=O) groups is 1. The first-order chi connectivity index (χ1) is 9.70. The Hall–Kier alpha value is -1.36. The third-order valence-corrected chi connectivity index (χ3v) is 4.11. The lowest BCUT2D eigenvalue weighted by Gasteiger charge is -2.19. The van der Waals surface area contributed by atoms with Crippen molar-refractivity contribution >= 4 is 5.91 Å². The van der Waals surface area contributed by atoms with Gasteiger partial charge in [0.25, 0.3) is 5.91 Å². The Bertz CT molecular complexity index is 425. The predicted molar refractivity (Wildman–Crippen MR) is 77.6 cm³/mol. The number of nitrogens with zero attached hydrogens (tertiary/aromatic N) is 1. The maximum absolute atomic E-state index is 12.0. The minimum absolute atomic E-state index is 0.131. The van der Waals surface area contributed by atoms with Gasteiger partial charge in [-0.1, -0.05) is 26.2 Å². The number of aliphatic hydroxyl groups excluding tert-OH is 1. The summed E-state index contributed by atoms with van der Waals surface area (Å²) in [6.07, 6.45) is 6.94. The lowest BCUT2D eigenvalue weighted by atomic mass is 9.87. The van der Waals surface area contributed by atoms with Crippen molar-refractivity contribution < 1.29 is 9.90 Å². The lowest BCUT2D eigenvalue weighted by Crippen LogP contribution is -2.28. The molecule has 1 atom stereocenters. The zero-order valence-electron chi connectivity index (χ0n) is 12.2. The summed E-state index contributed by atoms with van der Waals surface area (Å²) in [6.45, 7) is 2.74. The highest BCUT2D eigenvalue weighted by Crippen LogP contribution is 2.31. The molecule has 0 bridgehead atoms. The summed E-state index contributed by atoms with van der Waals surface area (Å²) in [5.41, 5.74) is 1.57. The van der Waals surface area contributed by atoms with Crippen LogP contribution in [0.4, 0.5) is 0 Å². The molecule has 2 rings (SSSR count). The Kier molecular flexibility index (Phi) is 5.59. The van der Waals surface area contributed by atoms with Crippen molar-refractivity contribution in [1.82, 2.24) is 15.5 Å². The zero-order valence-corrected chi connectivity index (χ0v) is 12.2. The highest BCUT2D eigenvalue weighted by Gasteiger charge is 2.19. The van der Waals surface area contributed by atoms with E-state index in [4.69, 9.17) is 5.11 Å². The van der Waals surface area contributed by atoms with E-state index in [1.807, 2.05) is 13.0 Å². The fourth-order valence-electron chi connectivity index (χ4n) is 2.76. The van der Waals surface area contributed by atoms with Gasteiger partial charge in [0.15, 0.2) is 0 Å². The number of rotatable bonds is 6. The van der Waals surface area contributed by atoms with Crippen LogP contribution in [0, 0.1) is 5.92 Å². The Balaban J connectivity index is 1.86. The summed E-state index contributed by atoms with van der Waals surface area (Å²) in [4.78, 5) is 12.0. The van der Waals surface area contributed by atoms with Gasteiger partial charge in [0.1, 0.15) is 5.69 Å². The van der Waals surface area contributed by atoms with E-state index in [-0.39, 0.29) is 18.4 Å². The van der Waals surface area contributed by atoms with Gasteiger partial charge in [-0.05, 0) is 31.2 Å². The van der Waals surface area contributed by atoms with Gasteiger partial charge in [-0.15, -0.1) is 0 Å². The fraction of sp³-hybridized carbons (Fsp3) is 0.733. The van der Waals surface area contributed by atoms with Crippen molar-refractivity contribution in [1.29, 1.82) is 0 Å². The van der Waals surface area contributed by atoms with E-state index in [0.29, 0.717) is 24.6 Å². The molecule has 112 valence electrons. The van der Waals surface area contributed by atoms with Crippen LogP contribution in [-0.4, -0.2) is 34.4 Å². The highest BCUT2D eigenvalue weighted by molar-refractivity contribution is 5.92. The molecule has 0 aliphatic heterocycles. The summed E-state index contributed by atoms with van der Waals surface area (Å²) < 4.78 is 0. The van der Waals surface area contributed by atoms with Crippen molar-refractivity contribution in [3.8, 4) is 0 Å². The van der Waals surface area contributed by atoms with E-state index in [1.54, 1.807) is 0 Å². The molecule has 20 heavy (non-hydrogen) atoms. The summed E-state index contributed by atoms with van der Waals surface area (Å²) in [7, 11) is 0. The molecule has 0 spiro atoms. The molecule has 1 aliphatic carbocycles. The molecule has 1 aliphatic rings. The van der Waals surface area contributed by atoms with Gasteiger partial charge in [0.2, 0.25) is 0 Å². The molecule has 3 N–H and O–H groups in total. The predicted octanol–water partition coefficient (Wildman–Crippen LogP) is 2.21. The highest BCUT2D eigenvalue weighted by atomic mass is 16.3. The fourth-order valence-corrected chi connectivity index (χ4v) is 2.76. The molecule has 1 aromatic rings. The van der Waals surface area contributed by atoms with Crippen LogP contribution >= 0.6 is 0 Å². The number of hydrogen-bond acceptors (Lipinski definition) is 3. The van der Waals surface area contributed by atoms with Crippen LogP contribution in [0.1, 0.15) is 67.5 Å². The van der Waals surface area contributed by atoms with Crippen molar-refractivity contribution in [2.45, 2.75) is 51.4 Å². The van der Waals surface area contributed by atoms with E-state index < -0.39 is 0 Å². The largest absolute Gasteiger partial charge is 0.396 e. The molecule has 5 heteroatoms. The second-order valence-corrected chi connectivity index (χ2v) is 5.87. The van der Waals surface area contributed by atoms with Crippen LogP contribution in [0.2, 0.25) is 0 Å². The number of hydrogen-bond donors (Lipinski definition) is 3. The second-order valence-electron chi connectivity index (χ2n) is 5.87. The first-order valence-corrected chi connectivity index (χ1v) is 7.65. The molecule has 0 saturated heterocycles. The molecule has 1 saturated carbocycles. The van der Waals surface area contributed by atoms with Gasteiger partial charge in [0.05, 0.1) is 0 Å². The Morgan fingerprint density at radius 3 is 2.95 bits per heavy atom. The van der Waals surface area contributed by atoms with Crippen LogP contribution < -0.4 is 5.32 Å². The summed E-state index contributed by atoms with van der Waals surface area (Å²) in [6, 6.07) is 1.89. The third kappa shape index (κ3) is 4.07. The lowest BCUT2D eigenvalue weighted by molar-refractivity contribution is 0.0940. The summed E-state index contributed by atoms with van der Waals surface area (Å²) in [5.74, 6) is 0.680. The van der Waals surface area contributed by atoms with Gasteiger partial charge >= 0.3 is 0 Å². The smallest absolute Gasteiger partial charge is 0.271 e. The molecule has 0 aromatic carbocycles. The van der Waals surface area contributed by atoms with Crippen LogP contribution in [0.15, 0.2) is 6.07 Å². The number of aromatic amines is 1. The SMILES string of the molecule is CC(CCO)CNC(=O)c1cc(C2CCCCC2)[nH]n1. The normalized spacial score (nSPS) is 17.9. The first kappa shape index (κ1) is 15.0. The summed E-state index contributed by atoms with van der Waals surface area (Å²) in [5, 5.41) is 18.9. The second kappa shape index (κ2) is 7.43. The topological polar surface area (TPSA) is 78.0 Å². The van der Waals surface area contributed by atoms with E-state index in [0.717, 1.165) is 5.69 Å². The van der Waals surface area contributed by atoms with E-state index in [2.05, 4.69) is 15.5 Å². The molecule has 5 nitrogen and oxygen atoms in total. The molecule has 1 unspecified atom stereocenters. The number of aliphatic hydroxyl groups is 1. The zero-order chi connectivity index (χ0) is 14.4. The Labute approximate surface area is 120 Å². The van der Waals surface area contributed by atoms with Crippen molar-refractivity contribution in [2.24, 2.45) is 5.92 Å². The van der Waals surface area contributed by atoms with Crippen molar-refractivity contribution in [3.63, 3.8) is 0 Å².